The third-order valence-electron chi connectivity index (χ3n) is 2.60. The van der Waals surface area contributed by atoms with E-state index >= 15 is 0 Å². The van der Waals surface area contributed by atoms with Gasteiger partial charge in [-0.1, -0.05) is 30.3 Å². The molecule has 1 N–H and O–H groups in total. The molecule has 0 fully saturated rings. The van der Waals surface area contributed by atoms with Gasteiger partial charge in [-0.15, -0.1) is 0 Å². The molecule has 21 heavy (non-hydrogen) atoms. The van der Waals surface area contributed by atoms with E-state index in [1.807, 2.05) is 52.9 Å². The van der Waals surface area contributed by atoms with Gasteiger partial charge < -0.3 is 4.74 Å². The first kappa shape index (κ1) is 15.2. The van der Waals surface area contributed by atoms with Crippen LogP contribution in [0.1, 0.15) is 5.56 Å². The smallest absolute Gasteiger partial charge is 0.411 e. The molecule has 7 heteroatoms. The number of ether oxygens (including phenoxy) is 1. The van der Waals surface area contributed by atoms with Crippen LogP contribution in [-0.4, -0.2) is 11.0 Å². The number of hydrogen-bond acceptors (Lipinski definition) is 4. The van der Waals surface area contributed by atoms with Gasteiger partial charge in [-0.2, -0.15) is 0 Å². The molecule has 0 saturated heterocycles. The lowest BCUT2D eigenvalue weighted by Crippen LogP contribution is -2.13. The Morgan fingerprint density at radius 3 is 2.57 bits per heavy atom. The Balaban J connectivity index is 1.94. The number of hydrogen-bond donors (Lipinski definition) is 1. The van der Waals surface area contributed by atoms with Crippen molar-refractivity contribution in [3.8, 4) is 0 Å². The Bertz CT molecular complexity index is 661. The average molecular weight is 398 g/mol. The summed E-state index contributed by atoms with van der Waals surface area (Å²) in [4.78, 5) is 21.9. The largest absolute Gasteiger partial charge is 0.444 e. The van der Waals surface area contributed by atoms with Gasteiger partial charge >= 0.3 is 6.09 Å². The van der Waals surface area contributed by atoms with Crippen molar-refractivity contribution in [2.75, 3.05) is 5.32 Å². The standard InChI is InChI=1S/C14H11IN2O4/c15-12-8-11(6-7-13(12)17(19)20)16-14(18)21-9-10-4-2-1-3-5-10/h1-8H,9H2,(H,16,18). The van der Waals surface area contributed by atoms with E-state index in [0.717, 1.165) is 5.56 Å². The second-order valence-corrected chi connectivity index (χ2v) is 5.27. The fourth-order valence-corrected chi connectivity index (χ4v) is 2.32. The quantitative estimate of drug-likeness (QED) is 0.481. The van der Waals surface area contributed by atoms with Crippen molar-refractivity contribution in [3.05, 3.63) is 67.8 Å². The summed E-state index contributed by atoms with van der Waals surface area (Å²) in [5.74, 6) is 0. The highest BCUT2D eigenvalue weighted by Crippen LogP contribution is 2.24. The molecule has 2 aromatic carbocycles. The van der Waals surface area contributed by atoms with Gasteiger partial charge in [-0.3, -0.25) is 15.4 Å². The predicted octanol–water partition coefficient (Wildman–Crippen LogP) is 3.95. The maximum Gasteiger partial charge on any atom is 0.411 e. The topological polar surface area (TPSA) is 81.5 Å². The molecule has 0 aliphatic heterocycles. The minimum absolute atomic E-state index is 0.00111. The molecular formula is C14H11IN2O4. The zero-order chi connectivity index (χ0) is 15.2. The Kier molecular flexibility index (Phi) is 5.09. The van der Waals surface area contributed by atoms with Crippen molar-refractivity contribution in [1.29, 1.82) is 0 Å². The molecule has 6 nitrogen and oxygen atoms in total. The number of nitro groups is 1. The molecule has 0 aromatic heterocycles. The number of rotatable bonds is 4. The van der Waals surface area contributed by atoms with Crippen LogP contribution >= 0.6 is 22.6 Å². The molecule has 0 atom stereocenters. The number of halogens is 1. The Morgan fingerprint density at radius 1 is 1.24 bits per heavy atom. The summed E-state index contributed by atoms with van der Waals surface area (Å²) in [6, 6.07) is 13.6. The van der Waals surface area contributed by atoms with Crippen LogP contribution in [0.4, 0.5) is 16.2 Å². The van der Waals surface area contributed by atoms with Gasteiger partial charge in [0, 0.05) is 11.8 Å². The SMILES string of the molecule is O=C(Nc1ccc([N+](=O)[O-])c(I)c1)OCc1ccccc1. The van der Waals surface area contributed by atoms with Crippen molar-refractivity contribution in [2.45, 2.75) is 6.61 Å². The number of carbonyl (C=O) groups excluding carboxylic acids is 1. The summed E-state index contributed by atoms with van der Waals surface area (Å²) in [5.41, 5.74) is 1.33. The lowest BCUT2D eigenvalue weighted by Gasteiger charge is -2.07. The lowest BCUT2D eigenvalue weighted by atomic mass is 10.2. The number of nitrogens with zero attached hydrogens (tertiary/aromatic N) is 1. The van der Waals surface area contributed by atoms with E-state index in [0.29, 0.717) is 9.26 Å². The first-order valence-corrected chi connectivity index (χ1v) is 7.06. The molecule has 2 rings (SSSR count). The van der Waals surface area contributed by atoms with Gasteiger partial charge in [0.05, 0.1) is 8.49 Å². The van der Waals surface area contributed by atoms with Crippen LogP contribution in [-0.2, 0) is 11.3 Å². The maximum absolute atomic E-state index is 11.6. The van der Waals surface area contributed by atoms with E-state index in [4.69, 9.17) is 4.74 Å². The van der Waals surface area contributed by atoms with E-state index in [9.17, 15) is 14.9 Å². The van der Waals surface area contributed by atoms with E-state index in [-0.39, 0.29) is 12.3 Å². The highest BCUT2D eigenvalue weighted by Gasteiger charge is 2.12. The number of nitro benzene ring substituents is 1. The Labute approximate surface area is 134 Å². The van der Waals surface area contributed by atoms with Gasteiger partial charge in [0.15, 0.2) is 0 Å². The van der Waals surface area contributed by atoms with E-state index in [1.165, 1.54) is 18.2 Å². The van der Waals surface area contributed by atoms with Crippen LogP contribution in [0.2, 0.25) is 0 Å². The van der Waals surface area contributed by atoms with Crippen LogP contribution in [0.5, 0.6) is 0 Å². The Hall–Kier alpha value is -2.16. The first-order valence-electron chi connectivity index (χ1n) is 5.98. The normalized spacial score (nSPS) is 9.95. The van der Waals surface area contributed by atoms with Crippen LogP contribution in [0.3, 0.4) is 0 Å². The zero-order valence-electron chi connectivity index (χ0n) is 10.8. The minimum Gasteiger partial charge on any atom is -0.444 e. The van der Waals surface area contributed by atoms with E-state index < -0.39 is 11.0 Å². The summed E-state index contributed by atoms with van der Waals surface area (Å²) < 4.78 is 5.51. The van der Waals surface area contributed by atoms with Gasteiger partial charge in [-0.05, 0) is 40.3 Å². The van der Waals surface area contributed by atoms with Gasteiger partial charge in [0.25, 0.3) is 5.69 Å². The molecule has 0 aliphatic carbocycles. The van der Waals surface area contributed by atoms with Crippen LogP contribution in [0, 0.1) is 13.7 Å². The average Bonchev–Trinajstić information content (AvgIpc) is 2.46. The zero-order valence-corrected chi connectivity index (χ0v) is 12.9. The molecular weight excluding hydrogens is 387 g/mol. The second kappa shape index (κ2) is 7.02. The lowest BCUT2D eigenvalue weighted by molar-refractivity contribution is -0.385. The van der Waals surface area contributed by atoms with Crippen molar-refractivity contribution < 1.29 is 14.5 Å². The highest BCUT2D eigenvalue weighted by molar-refractivity contribution is 14.1. The molecule has 1 amide bonds. The summed E-state index contributed by atoms with van der Waals surface area (Å²) in [6.07, 6.45) is -0.608. The number of nitrogens with one attached hydrogen (secondary N) is 1. The Morgan fingerprint density at radius 2 is 1.95 bits per heavy atom. The molecule has 0 bridgehead atoms. The molecule has 0 spiro atoms. The number of benzene rings is 2. The second-order valence-electron chi connectivity index (χ2n) is 4.11. The fourth-order valence-electron chi connectivity index (χ4n) is 1.61. The number of amides is 1. The van der Waals surface area contributed by atoms with Crippen molar-refractivity contribution in [3.63, 3.8) is 0 Å². The molecule has 0 heterocycles. The number of carbonyl (C=O) groups is 1. The third-order valence-corrected chi connectivity index (χ3v) is 3.47. The molecule has 0 aliphatic rings. The first-order chi connectivity index (χ1) is 10.1. The monoisotopic (exact) mass is 398 g/mol. The summed E-state index contributed by atoms with van der Waals surface area (Å²) in [7, 11) is 0. The van der Waals surface area contributed by atoms with Crippen molar-refractivity contribution in [1.82, 2.24) is 0 Å². The van der Waals surface area contributed by atoms with Crippen molar-refractivity contribution in [2.24, 2.45) is 0 Å². The number of anilines is 1. The van der Waals surface area contributed by atoms with Gasteiger partial charge in [-0.25, -0.2) is 4.79 Å². The third kappa shape index (κ3) is 4.42. The summed E-state index contributed by atoms with van der Waals surface area (Å²) in [6.45, 7) is 0.163. The fraction of sp³-hybridized carbons (Fsp3) is 0.0714. The predicted molar refractivity (Wildman–Crippen MR) is 86.1 cm³/mol. The van der Waals surface area contributed by atoms with Gasteiger partial charge in [0.1, 0.15) is 6.61 Å². The summed E-state index contributed by atoms with van der Waals surface area (Å²) in [5, 5.41) is 13.2. The molecule has 0 unspecified atom stereocenters. The minimum atomic E-state index is -0.608. The van der Waals surface area contributed by atoms with Crippen LogP contribution in [0.25, 0.3) is 0 Å². The van der Waals surface area contributed by atoms with Crippen LogP contribution < -0.4 is 5.32 Å². The van der Waals surface area contributed by atoms with Gasteiger partial charge in [0.2, 0.25) is 0 Å². The van der Waals surface area contributed by atoms with E-state index in [1.54, 1.807) is 0 Å². The van der Waals surface area contributed by atoms with Crippen LogP contribution in [0.15, 0.2) is 48.5 Å². The van der Waals surface area contributed by atoms with Crippen molar-refractivity contribution >= 4 is 40.1 Å². The highest BCUT2D eigenvalue weighted by atomic mass is 127. The summed E-state index contributed by atoms with van der Waals surface area (Å²) >= 11 is 1.84. The molecule has 108 valence electrons. The molecule has 0 radical (unpaired) electrons. The molecule has 2 aromatic rings. The maximum atomic E-state index is 11.6. The molecule has 0 saturated carbocycles. The van der Waals surface area contributed by atoms with E-state index in [2.05, 4.69) is 5.32 Å².